The minimum absolute atomic E-state index is 0.0404. The van der Waals surface area contributed by atoms with Crippen molar-refractivity contribution < 1.29 is 4.79 Å². The molecule has 0 saturated carbocycles. The number of carbonyl (C=O) groups is 1. The fourth-order valence-corrected chi connectivity index (χ4v) is 4.56. The molecule has 2 aromatic rings. The molecule has 0 radical (unpaired) electrons. The SMILES string of the molecule is CC(=O)N1CCc2nc(N)c(C#N)c(-c3ccc(CC(C)C)s3)c2C1. The molecule has 0 bridgehead atoms. The number of nitriles is 1. The van der Waals surface area contributed by atoms with Crippen LogP contribution in [0.15, 0.2) is 12.1 Å². The maximum atomic E-state index is 11.8. The molecule has 0 aromatic carbocycles. The van der Waals surface area contributed by atoms with Crippen LogP contribution in [0.4, 0.5) is 5.82 Å². The highest BCUT2D eigenvalue weighted by Crippen LogP contribution is 2.39. The van der Waals surface area contributed by atoms with E-state index in [-0.39, 0.29) is 11.7 Å². The number of nitrogens with zero attached hydrogens (tertiary/aromatic N) is 3. The van der Waals surface area contributed by atoms with Gasteiger partial charge in [0.2, 0.25) is 5.91 Å². The van der Waals surface area contributed by atoms with Crippen molar-refractivity contribution in [1.82, 2.24) is 9.88 Å². The van der Waals surface area contributed by atoms with Crippen molar-refractivity contribution in [2.75, 3.05) is 12.3 Å². The van der Waals surface area contributed by atoms with E-state index in [2.05, 4.69) is 37.0 Å². The maximum Gasteiger partial charge on any atom is 0.219 e. The Balaban J connectivity index is 2.14. The van der Waals surface area contributed by atoms with Gasteiger partial charge in [0, 0.05) is 47.3 Å². The Bertz CT molecular complexity index is 863. The second-order valence-corrected chi connectivity index (χ2v) is 8.01. The number of aromatic nitrogens is 1. The van der Waals surface area contributed by atoms with Crippen molar-refractivity contribution in [3.63, 3.8) is 0 Å². The zero-order valence-electron chi connectivity index (χ0n) is 14.8. The van der Waals surface area contributed by atoms with Gasteiger partial charge in [0.1, 0.15) is 17.5 Å². The predicted octanol–water partition coefficient (Wildman–Crippen LogP) is 3.37. The van der Waals surface area contributed by atoms with E-state index in [4.69, 9.17) is 5.73 Å². The van der Waals surface area contributed by atoms with E-state index in [9.17, 15) is 10.1 Å². The average molecular weight is 354 g/mol. The Kier molecular flexibility index (Phi) is 4.78. The third kappa shape index (κ3) is 3.38. The van der Waals surface area contributed by atoms with E-state index in [0.717, 1.165) is 28.1 Å². The molecule has 6 heteroatoms. The summed E-state index contributed by atoms with van der Waals surface area (Å²) >= 11 is 1.70. The summed E-state index contributed by atoms with van der Waals surface area (Å²) in [6.45, 7) is 7.09. The number of carbonyl (C=O) groups excluding carboxylic acids is 1. The lowest BCUT2D eigenvalue weighted by Crippen LogP contribution is -2.35. The number of hydrogen-bond acceptors (Lipinski definition) is 5. The van der Waals surface area contributed by atoms with Crippen molar-refractivity contribution in [3.8, 4) is 16.5 Å². The number of thiophene rings is 1. The molecule has 2 aromatic heterocycles. The van der Waals surface area contributed by atoms with Crippen molar-refractivity contribution >= 4 is 23.1 Å². The first-order valence-corrected chi connectivity index (χ1v) is 9.28. The number of amides is 1. The molecular weight excluding hydrogens is 332 g/mol. The summed E-state index contributed by atoms with van der Waals surface area (Å²) in [7, 11) is 0. The van der Waals surface area contributed by atoms with Gasteiger partial charge >= 0.3 is 0 Å². The monoisotopic (exact) mass is 354 g/mol. The van der Waals surface area contributed by atoms with Gasteiger partial charge in [0.05, 0.1) is 5.69 Å². The Labute approximate surface area is 152 Å². The number of anilines is 1. The first-order chi connectivity index (χ1) is 11.9. The molecular formula is C19H22N4OS. The fourth-order valence-electron chi connectivity index (χ4n) is 3.26. The van der Waals surface area contributed by atoms with Crippen LogP contribution < -0.4 is 5.73 Å². The second-order valence-electron chi connectivity index (χ2n) is 6.84. The van der Waals surface area contributed by atoms with E-state index in [0.29, 0.717) is 31.0 Å². The van der Waals surface area contributed by atoms with Crippen LogP contribution in [0.3, 0.4) is 0 Å². The smallest absolute Gasteiger partial charge is 0.219 e. The van der Waals surface area contributed by atoms with Gasteiger partial charge in [0.25, 0.3) is 0 Å². The van der Waals surface area contributed by atoms with Gasteiger partial charge in [-0.05, 0) is 24.5 Å². The number of hydrogen-bond donors (Lipinski definition) is 1. The summed E-state index contributed by atoms with van der Waals surface area (Å²) in [4.78, 5) is 20.4. The summed E-state index contributed by atoms with van der Waals surface area (Å²) in [5, 5.41) is 9.64. The molecule has 0 saturated heterocycles. The molecule has 1 amide bonds. The van der Waals surface area contributed by atoms with Crippen molar-refractivity contribution in [2.24, 2.45) is 5.92 Å². The van der Waals surface area contributed by atoms with E-state index in [1.165, 1.54) is 4.88 Å². The minimum atomic E-state index is 0.0404. The van der Waals surface area contributed by atoms with Gasteiger partial charge in [-0.25, -0.2) is 4.98 Å². The number of rotatable bonds is 3. The van der Waals surface area contributed by atoms with Crippen molar-refractivity contribution in [3.05, 3.63) is 33.8 Å². The summed E-state index contributed by atoms with van der Waals surface area (Å²) < 4.78 is 0. The molecule has 2 N–H and O–H groups in total. The molecule has 0 unspecified atom stereocenters. The van der Waals surface area contributed by atoms with E-state index >= 15 is 0 Å². The topological polar surface area (TPSA) is 83.0 Å². The summed E-state index contributed by atoms with van der Waals surface area (Å²) in [6, 6.07) is 6.40. The maximum absolute atomic E-state index is 11.8. The van der Waals surface area contributed by atoms with Gasteiger partial charge in [-0.1, -0.05) is 13.8 Å². The fraction of sp³-hybridized carbons (Fsp3) is 0.421. The zero-order chi connectivity index (χ0) is 18.1. The highest BCUT2D eigenvalue weighted by Gasteiger charge is 2.27. The third-order valence-electron chi connectivity index (χ3n) is 4.45. The number of nitrogen functional groups attached to an aromatic ring is 1. The van der Waals surface area contributed by atoms with Crippen LogP contribution in [-0.4, -0.2) is 22.3 Å². The summed E-state index contributed by atoms with van der Waals surface area (Å²) in [6.07, 6.45) is 1.68. The molecule has 0 aliphatic carbocycles. The molecule has 0 atom stereocenters. The molecule has 3 heterocycles. The quantitative estimate of drug-likeness (QED) is 0.916. The van der Waals surface area contributed by atoms with Crippen LogP contribution >= 0.6 is 11.3 Å². The lowest BCUT2D eigenvalue weighted by Gasteiger charge is -2.29. The largest absolute Gasteiger partial charge is 0.383 e. The van der Waals surface area contributed by atoms with Crippen LogP contribution in [0.5, 0.6) is 0 Å². The van der Waals surface area contributed by atoms with Gasteiger partial charge in [-0.3, -0.25) is 4.79 Å². The minimum Gasteiger partial charge on any atom is -0.383 e. The van der Waals surface area contributed by atoms with Gasteiger partial charge < -0.3 is 10.6 Å². The number of fused-ring (bicyclic) bond motifs is 1. The van der Waals surface area contributed by atoms with Crippen molar-refractivity contribution in [2.45, 2.75) is 40.2 Å². The zero-order valence-corrected chi connectivity index (χ0v) is 15.6. The molecule has 3 rings (SSSR count). The molecule has 130 valence electrons. The Morgan fingerprint density at radius 3 is 2.88 bits per heavy atom. The first kappa shape index (κ1) is 17.4. The van der Waals surface area contributed by atoms with Gasteiger partial charge in [-0.2, -0.15) is 5.26 Å². The van der Waals surface area contributed by atoms with Gasteiger partial charge in [0.15, 0.2) is 0 Å². The normalized spacial score (nSPS) is 13.6. The lowest BCUT2D eigenvalue weighted by atomic mass is 9.95. The highest BCUT2D eigenvalue weighted by molar-refractivity contribution is 7.15. The van der Waals surface area contributed by atoms with Crippen LogP contribution in [0.1, 0.15) is 42.5 Å². The Morgan fingerprint density at radius 2 is 2.24 bits per heavy atom. The van der Waals surface area contributed by atoms with Crippen LogP contribution in [-0.2, 0) is 24.2 Å². The summed E-state index contributed by atoms with van der Waals surface area (Å²) in [5.41, 5.74) is 9.21. The predicted molar refractivity (Wildman–Crippen MR) is 100 cm³/mol. The van der Waals surface area contributed by atoms with Gasteiger partial charge in [-0.15, -0.1) is 11.3 Å². The molecule has 0 fully saturated rings. The molecule has 1 aliphatic heterocycles. The van der Waals surface area contributed by atoms with E-state index < -0.39 is 0 Å². The van der Waals surface area contributed by atoms with E-state index in [1.807, 2.05) is 0 Å². The van der Waals surface area contributed by atoms with Crippen LogP contribution in [0.25, 0.3) is 10.4 Å². The van der Waals surface area contributed by atoms with Crippen molar-refractivity contribution in [1.29, 1.82) is 5.26 Å². The third-order valence-corrected chi connectivity index (χ3v) is 5.58. The molecule has 0 spiro atoms. The number of pyridine rings is 1. The average Bonchev–Trinajstić information content (AvgIpc) is 3.00. The van der Waals surface area contributed by atoms with Crippen LogP contribution in [0, 0.1) is 17.2 Å². The summed E-state index contributed by atoms with van der Waals surface area (Å²) in [5.74, 6) is 0.900. The highest BCUT2D eigenvalue weighted by atomic mass is 32.1. The van der Waals surface area contributed by atoms with E-state index in [1.54, 1.807) is 23.2 Å². The molecule has 5 nitrogen and oxygen atoms in total. The second kappa shape index (κ2) is 6.85. The standard InChI is InChI=1S/C19H22N4OS/c1-11(2)8-13-4-5-17(25-13)18-14(9-20)19(21)22-16-6-7-23(12(3)24)10-15(16)18/h4-5,11H,6-8,10H2,1-3H3,(H2,21,22). The Hall–Kier alpha value is -2.39. The molecule has 1 aliphatic rings. The first-order valence-electron chi connectivity index (χ1n) is 8.46. The lowest BCUT2D eigenvalue weighted by molar-refractivity contribution is -0.129. The Morgan fingerprint density at radius 1 is 1.48 bits per heavy atom. The van der Waals surface area contributed by atoms with Crippen LogP contribution in [0.2, 0.25) is 0 Å². The molecule has 25 heavy (non-hydrogen) atoms. The number of nitrogens with two attached hydrogens (primary N) is 1.